The van der Waals surface area contributed by atoms with Gasteiger partial charge in [-0.3, -0.25) is 10.1 Å². The van der Waals surface area contributed by atoms with Crippen molar-refractivity contribution in [3.63, 3.8) is 0 Å². The van der Waals surface area contributed by atoms with Crippen LogP contribution in [0.1, 0.15) is 10.4 Å². The maximum absolute atomic E-state index is 12.3. The standard InChI is InChI=1S/C11H15N3O6S/c1-12-5-6-13(2)21(19,20)10-4-3-8(14(17)18)7-9(10)11(15)16/h3-4,7,12H,5-6H2,1-2H3,(H,15,16). The van der Waals surface area contributed by atoms with Crippen molar-refractivity contribution in [2.75, 3.05) is 27.2 Å². The maximum atomic E-state index is 12.3. The van der Waals surface area contributed by atoms with Crippen LogP contribution in [0.3, 0.4) is 0 Å². The number of aromatic carboxylic acids is 1. The molecule has 0 aliphatic rings. The molecule has 21 heavy (non-hydrogen) atoms. The highest BCUT2D eigenvalue weighted by molar-refractivity contribution is 7.89. The van der Waals surface area contributed by atoms with Crippen LogP contribution in [0.5, 0.6) is 0 Å². The van der Waals surface area contributed by atoms with E-state index < -0.39 is 37.1 Å². The molecule has 0 fully saturated rings. The summed E-state index contributed by atoms with van der Waals surface area (Å²) in [6.45, 7) is 0.514. The van der Waals surface area contributed by atoms with Gasteiger partial charge in [0.05, 0.1) is 15.4 Å². The van der Waals surface area contributed by atoms with E-state index in [9.17, 15) is 23.3 Å². The second kappa shape index (κ2) is 6.61. The van der Waals surface area contributed by atoms with Crippen LogP contribution in [0.15, 0.2) is 23.1 Å². The fourth-order valence-electron chi connectivity index (χ4n) is 1.58. The topological polar surface area (TPSA) is 130 Å². The van der Waals surface area contributed by atoms with Gasteiger partial charge in [-0.1, -0.05) is 0 Å². The van der Waals surface area contributed by atoms with Gasteiger partial charge in [0.2, 0.25) is 10.0 Å². The van der Waals surface area contributed by atoms with Crippen LogP contribution in [0.2, 0.25) is 0 Å². The van der Waals surface area contributed by atoms with Crippen molar-refractivity contribution >= 4 is 21.7 Å². The Kier molecular flexibility index (Phi) is 5.35. The highest BCUT2D eigenvalue weighted by atomic mass is 32.2. The van der Waals surface area contributed by atoms with Crippen molar-refractivity contribution in [1.29, 1.82) is 0 Å². The zero-order valence-electron chi connectivity index (χ0n) is 11.4. The molecule has 0 atom stereocenters. The molecule has 0 heterocycles. The van der Waals surface area contributed by atoms with Crippen molar-refractivity contribution in [2.24, 2.45) is 0 Å². The average Bonchev–Trinajstić information content (AvgIpc) is 2.43. The Morgan fingerprint density at radius 3 is 2.57 bits per heavy atom. The van der Waals surface area contributed by atoms with E-state index in [0.29, 0.717) is 6.54 Å². The Hall–Kier alpha value is -2.04. The molecule has 9 nitrogen and oxygen atoms in total. The number of carboxylic acids is 1. The lowest BCUT2D eigenvalue weighted by atomic mass is 10.2. The number of nitrogens with zero attached hydrogens (tertiary/aromatic N) is 2. The van der Waals surface area contributed by atoms with Crippen LogP contribution in [0.4, 0.5) is 5.69 Å². The third-order valence-electron chi connectivity index (χ3n) is 2.77. The largest absolute Gasteiger partial charge is 0.478 e. The van der Waals surface area contributed by atoms with Gasteiger partial charge < -0.3 is 10.4 Å². The molecule has 0 aromatic heterocycles. The van der Waals surface area contributed by atoms with E-state index in [4.69, 9.17) is 5.11 Å². The molecular weight excluding hydrogens is 302 g/mol. The van der Waals surface area contributed by atoms with Crippen LogP contribution in [0.25, 0.3) is 0 Å². The molecule has 1 rings (SSSR count). The first kappa shape index (κ1) is 17.0. The van der Waals surface area contributed by atoms with Crippen molar-refractivity contribution in [3.05, 3.63) is 33.9 Å². The highest BCUT2D eigenvalue weighted by Gasteiger charge is 2.28. The van der Waals surface area contributed by atoms with Gasteiger partial charge in [-0.2, -0.15) is 4.31 Å². The van der Waals surface area contributed by atoms with Crippen molar-refractivity contribution in [2.45, 2.75) is 4.90 Å². The van der Waals surface area contributed by atoms with Gasteiger partial charge in [0, 0.05) is 32.3 Å². The van der Waals surface area contributed by atoms with Crippen LogP contribution in [0, 0.1) is 10.1 Å². The average molecular weight is 317 g/mol. The first-order chi connectivity index (χ1) is 9.71. The molecule has 0 saturated carbocycles. The number of nitro groups is 1. The minimum absolute atomic E-state index is 0.134. The molecule has 0 aliphatic heterocycles. The van der Waals surface area contributed by atoms with Gasteiger partial charge in [-0.15, -0.1) is 0 Å². The number of hydrogen-bond donors (Lipinski definition) is 2. The number of non-ortho nitro benzene ring substituents is 1. The number of nitrogens with one attached hydrogen (secondary N) is 1. The first-order valence-corrected chi connectivity index (χ1v) is 7.28. The molecule has 0 aliphatic carbocycles. The summed E-state index contributed by atoms with van der Waals surface area (Å²) < 4.78 is 25.6. The normalized spacial score (nSPS) is 11.6. The SMILES string of the molecule is CNCCN(C)S(=O)(=O)c1ccc([N+](=O)[O-])cc1C(=O)O. The van der Waals surface area contributed by atoms with Crippen LogP contribution in [-0.2, 0) is 10.0 Å². The lowest BCUT2D eigenvalue weighted by molar-refractivity contribution is -0.384. The molecule has 1 aromatic carbocycles. The number of sulfonamides is 1. The zero-order chi connectivity index (χ0) is 16.2. The molecule has 0 saturated heterocycles. The lowest BCUT2D eigenvalue weighted by Crippen LogP contribution is -2.33. The van der Waals surface area contributed by atoms with Gasteiger partial charge in [0.15, 0.2) is 0 Å². The summed E-state index contributed by atoms with van der Waals surface area (Å²) in [6.07, 6.45) is 0. The van der Waals surface area contributed by atoms with E-state index >= 15 is 0 Å². The number of carboxylic acid groups (broad SMARTS) is 1. The van der Waals surface area contributed by atoms with Gasteiger partial charge in [0.1, 0.15) is 0 Å². The van der Waals surface area contributed by atoms with Gasteiger partial charge in [-0.05, 0) is 13.1 Å². The van der Waals surface area contributed by atoms with E-state index in [1.807, 2.05) is 0 Å². The molecule has 2 N–H and O–H groups in total. The Balaban J connectivity index is 3.35. The predicted molar refractivity (Wildman–Crippen MR) is 73.8 cm³/mol. The fraction of sp³-hybridized carbons (Fsp3) is 0.364. The van der Waals surface area contributed by atoms with Crippen molar-refractivity contribution < 1.29 is 23.2 Å². The second-order valence-electron chi connectivity index (χ2n) is 4.17. The van der Waals surface area contributed by atoms with Gasteiger partial charge >= 0.3 is 5.97 Å². The monoisotopic (exact) mass is 317 g/mol. The van der Waals surface area contributed by atoms with Gasteiger partial charge in [-0.25, -0.2) is 13.2 Å². The van der Waals surface area contributed by atoms with E-state index in [-0.39, 0.29) is 6.54 Å². The lowest BCUT2D eigenvalue weighted by Gasteiger charge is -2.18. The molecular formula is C11H15N3O6S. The number of nitro benzene ring substituents is 1. The first-order valence-electron chi connectivity index (χ1n) is 5.84. The smallest absolute Gasteiger partial charge is 0.337 e. The van der Waals surface area contributed by atoms with E-state index in [0.717, 1.165) is 22.5 Å². The van der Waals surface area contributed by atoms with E-state index in [2.05, 4.69) is 5.32 Å². The third kappa shape index (κ3) is 3.74. The molecule has 0 bridgehead atoms. The van der Waals surface area contributed by atoms with Gasteiger partial charge in [0.25, 0.3) is 5.69 Å². The summed E-state index contributed by atoms with van der Waals surface area (Å²) in [5.74, 6) is -1.54. The number of rotatable bonds is 7. The Labute approximate surface area is 121 Å². The van der Waals surface area contributed by atoms with E-state index in [1.165, 1.54) is 7.05 Å². The van der Waals surface area contributed by atoms with Crippen LogP contribution in [-0.4, -0.2) is 55.9 Å². The summed E-state index contributed by atoms with van der Waals surface area (Å²) in [7, 11) is -1.09. The van der Waals surface area contributed by atoms with Crippen LogP contribution >= 0.6 is 0 Å². The Morgan fingerprint density at radius 1 is 1.48 bits per heavy atom. The number of likely N-dealkylation sites (N-methyl/N-ethyl adjacent to an activating group) is 2. The zero-order valence-corrected chi connectivity index (χ0v) is 12.3. The number of benzene rings is 1. The summed E-state index contributed by atoms with van der Waals surface area (Å²) in [5.41, 5.74) is -1.11. The second-order valence-corrected chi connectivity index (χ2v) is 6.19. The quantitative estimate of drug-likeness (QED) is 0.540. The number of hydrogen-bond acceptors (Lipinski definition) is 6. The van der Waals surface area contributed by atoms with E-state index in [1.54, 1.807) is 7.05 Å². The minimum Gasteiger partial charge on any atom is -0.478 e. The number of carbonyl (C=O) groups is 1. The molecule has 1 aromatic rings. The van der Waals surface area contributed by atoms with Crippen LogP contribution < -0.4 is 5.32 Å². The summed E-state index contributed by atoms with van der Waals surface area (Å²) in [4.78, 5) is 20.6. The molecule has 10 heteroatoms. The molecule has 0 radical (unpaired) electrons. The molecule has 0 amide bonds. The van der Waals surface area contributed by atoms with Crippen molar-refractivity contribution in [1.82, 2.24) is 9.62 Å². The third-order valence-corrected chi connectivity index (χ3v) is 4.68. The molecule has 0 unspecified atom stereocenters. The van der Waals surface area contributed by atoms with Crippen molar-refractivity contribution in [3.8, 4) is 0 Å². The molecule has 0 spiro atoms. The minimum atomic E-state index is -4.04. The fourth-order valence-corrected chi connectivity index (χ4v) is 2.91. The molecule has 116 valence electrons. The maximum Gasteiger partial charge on any atom is 0.337 e. The summed E-state index contributed by atoms with van der Waals surface area (Å²) in [5, 5.41) is 22.5. The Morgan fingerprint density at radius 2 is 2.10 bits per heavy atom. The Bertz CT molecular complexity index is 658. The predicted octanol–water partition coefficient (Wildman–Crippen LogP) is 0.133. The summed E-state index contributed by atoms with van der Waals surface area (Å²) in [6, 6.07) is 2.64. The highest BCUT2D eigenvalue weighted by Crippen LogP contribution is 2.24. The summed E-state index contributed by atoms with van der Waals surface area (Å²) >= 11 is 0.